The summed E-state index contributed by atoms with van der Waals surface area (Å²) in [4.78, 5) is 26.4. The topological polar surface area (TPSA) is 83.5 Å². The molecular formula is C8H8N4O2S. The van der Waals surface area contributed by atoms with Crippen molar-refractivity contribution in [2.75, 3.05) is 5.32 Å². The number of thiazole rings is 1. The normalized spacial score (nSPS) is 14.7. The van der Waals surface area contributed by atoms with Crippen LogP contribution in [0.25, 0.3) is 0 Å². The quantitative estimate of drug-likeness (QED) is 0.756. The molecule has 0 fully saturated rings. The van der Waals surface area contributed by atoms with Crippen LogP contribution >= 0.6 is 11.3 Å². The van der Waals surface area contributed by atoms with Crippen molar-refractivity contribution in [2.45, 2.75) is 13.3 Å². The zero-order chi connectivity index (χ0) is 10.8. The van der Waals surface area contributed by atoms with Gasteiger partial charge in [0.1, 0.15) is 5.71 Å². The average molecular weight is 224 g/mol. The molecule has 1 aliphatic heterocycles. The number of hydrazone groups is 1. The highest BCUT2D eigenvalue weighted by molar-refractivity contribution is 7.14. The predicted molar refractivity (Wildman–Crippen MR) is 55.7 cm³/mol. The number of anilines is 1. The number of nitrogens with one attached hydrogen (secondary N) is 2. The third-order valence-electron chi connectivity index (χ3n) is 1.75. The van der Waals surface area contributed by atoms with Crippen LogP contribution in [0.15, 0.2) is 10.5 Å². The fraction of sp³-hybridized carbons (Fsp3) is 0.250. The van der Waals surface area contributed by atoms with Crippen LogP contribution in [-0.4, -0.2) is 22.5 Å². The summed E-state index contributed by atoms with van der Waals surface area (Å²) in [5, 5.41) is 8.51. The van der Waals surface area contributed by atoms with Crippen molar-refractivity contribution in [1.29, 1.82) is 0 Å². The van der Waals surface area contributed by atoms with Crippen LogP contribution < -0.4 is 10.7 Å². The number of aryl methyl sites for hydroxylation is 1. The average Bonchev–Trinajstić information content (AvgIpc) is 2.75. The molecular weight excluding hydrogens is 216 g/mol. The lowest BCUT2D eigenvalue weighted by molar-refractivity contribution is -0.119. The van der Waals surface area contributed by atoms with E-state index in [1.165, 1.54) is 11.3 Å². The van der Waals surface area contributed by atoms with Crippen molar-refractivity contribution in [3.63, 3.8) is 0 Å². The van der Waals surface area contributed by atoms with Gasteiger partial charge >= 0.3 is 0 Å². The molecule has 0 aromatic carbocycles. The Morgan fingerprint density at radius 2 is 2.47 bits per heavy atom. The van der Waals surface area contributed by atoms with Gasteiger partial charge in [-0.2, -0.15) is 5.10 Å². The monoisotopic (exact) mass is 224 g/mol. The number of amides is 2. The number of aromatic nitrogens is 1. The molecule has 6 nitrogen and oxygen atoms in total. The Morgan fingerprint density at radius 1 is 1.67 bits per heavy atom. The van der Waals surface area contributed by atoms with Crippen LogP contribution in [0.3, 0.4) is 0 Å². The Hall–Kier alpha value is -1.76. The number of carbonyl (C=O) groups is 2. The smallest absolute Gasteiger partial charge is 0.274 e. The molecule has 15 heavy (non-hydrogen) atoms. The fourth-order valence-electron chi connectivity index (χ4n) is 1.07. The molecule has 0 radical (unpaired) electrons. The van der Waals surface area contributed by atoms with Gasteiger partial charge in [0.15, 0.2) is 5.13 Å². The first-order valence-corrected chi connectivity index (χ1v) is 5.12. The van der Waals surface area contributed by atoms with Crippen molar-refractivity contribution in [3.8, 4) is 0 Å². The maximum atomic E-state index is 11.5. The van der Waals surface area contributed by atoms with Crippen molar-refractivity contribution in [3.05, 3.63) is 11.1 Å². The fourth-order valence-corrected chi connectivity index (χ4v) is 1.76. The second-order valence-electron chi connectivity index (χ2n) is 3.02. The molecule has 2 amide bonds. The molecule has 0 spiro atoms. The minimum atomic E-state index is -0.386. The van der Waals surface area contributed by atoms with E-state index in [4.69, 9.17) is 0 Å². The highest BCUT2D eigenvalue weighted by Crippen LogP contribution is 2.14. The lowest BCUT2D eigenvalue weighted by Crippen LogP contribution is -2.22. The van der Waals surface area contributed by atoms with Crippen molar-refractivity contribution in [2.24, 2.45) is 5.10 Å². The third-order valence-corrected chi connectivity index (χ3v) is 2.62. The zero-order valence-corrected chi connectivity index (χ0v) is 8.72. The molecule has 0 aliphatic carbocycles. The molecule has 2 N–H and O–H groups in total. The van der Waals surface area contributed by atoms with E-state index in [0.717, 1.165) is 5.69 Å². The van der Waals surface area contributed by atoms with Gasteiger partial charge in [0, 0.05) is 5.38 Å². The standard InChI is InChI=1S/C8H8N4O2S/c1-4-3-15-8(9-4)10-7(14)5-2-6(13)12-11-5/h3H,2H2,1H3,(H,12,13)(H,9,10,14). The van der Waals surface area contributed by atoms with E-state index in [-0.39, 0.29) is 23.9 Å². The predicted octanol–water partition coefficient (Wildman–Crippen LogP) is 0.266. The Balaban J connectivity index is 2.01. The summed E-state index contributed by atoms with van der Waals surface area (Å²) >= 11 is 1.33. The SMILES string of the molecule is Cc1csc(NC(=O)C2=NNC(=O)C2)n1. The van der Waals surface area contributed by atoms with Crippen LogP contribution in [0.4, 0.5) is 5.13 Å². The minimum Gasteiger partial charge on any atom is -0.297 e. The Kier molecular flexibility index (Phi) is 2.46. The second kappa shape index (κ2) is 3.77. The summed E-state index contributed by atoms with van der Waals surface area (Å²) in [6.45, 7) is 1.84. The van der Waals surface area contributed by atoms with Gasteiger partial charge in [0.25, 0.3) is 5.91 Å². The molecule has 0 atom stereocenters. The number of hydrogen-bond donors (Lipinski definition) is 2. The molecule has 1 aliphatic rings. The van der Waals surface area contributed by atoms with E-state index < -0.39 is 0 Å². The molecule has 0 saturated heterocycles. The van der Waals surface area contributed by atoms with E-state index in [1.807, 2.05) is 12.3 Å². The van der Waals surface area contributed by atoms with Gasteiger partial charge in [-0.25, -0.2) is 10.4 Å². The zero-order valence-electron chi connectivity index (χ0n) is 7.90. The van der Waals surface area contributed by atoms with E-state index in [9.17, 15) is 9.59 Å². The van der Waals surface area contributed by atoms with Crippen LogP contribution in [0.1, 0.15) is 12.1 Å². The summed E-state index contributed by atoms with van der Waals surface area (Å²) in [7, 11) is 0. The van der Waals surface area contributed by atoms with Crippen molar-refractivity contribution in [1.82, 2.24) is 10.4 Å². The van der Waals surface area contributed by atoms with Gasteiger partial charge in [-0.3, -0.25) is 14.9 Å². The van der Waals surface area contributed by atoms with Gasteiger partial charge in [0.05, 0.1) is 12.1 Å². The summed E-state index contributed by atoms with van der Waals surface area (Å²) in [5.74, 6) is -0.654. The Bertz CT molecular complexity index is 451. The van der Waals surface area contributed by atoms with E-state index in [1.54, 1.807) is 0 Å². The Labute approximate surface area is 89.4 Å². The lowest BCUT2D eigenvalue weighted by Gasteiger charge is -1.97. The molecule has 1 aromatic rings. The van der Waals surface area contributed by atoms with Crippen LogP contribution in [0.2, 0.25) is 0 Å². The van der Waals surface area contributed by atoms with Gasteiger partial charge < -0.3 is 0 Å². The lowest BCUT2D eigenvalue weighted by atomic mass is 10.2. The summed E-state index contributed by atoms with van der Waals surface area (Å²) in [5.41, 5.74) is 3.25. The molecule has 1 aromatic heterocycles. The molecule has 0 unspecified atom stereocenters. The minimum absolute atomic E-state index is 0.0240. The summed E-state index contributed by atoms with van der Waals surface area (Å²) < 4.78 is 0. The van der Waals surface area contributed by atoms with Gasteiger partial charge in [-0.1, -0.05) is 0 Å². The highest BCUT2D eigenvalue weighted by Gasteiger charge is 2.21. The van der Waals surface area contributed by atoms with E-state index >= 15 is 0 Å². The van der Waals surface area contributed by atoms with E-state index in [0.29, 0.717) is 5.13 Å². The third kappa shape index (κ3) is 2.18. The van der Waals surface area contributed by atoms with Gasteiger partial charge in [-0.05, 0) is 6.92 Å². The van der Waals surface area contributed by atoms with Crippen LogP contribution in [-0.2, 0) is 9.59 Å². The molecule has 78 valence electrons. The highest BCUT2D eigenvalue weighted by atomic mass is 32.1. The van der Waals surface area contributed by atoms with Crippen LogP contribution in [0, 0.1) is 6.92 Å². The Morgan fingerprint density at radius 3 is 3.00 bits per heavy atom. The first-order valence-electron chi connectivity index (χ1n) is 4.24. The van der Waals surface area contributed by atoms with Gasteiger partial charge in [-0.15, -0.1) is 11.3 Å². The molecule has 7 heteroatoms. The maximum Gasteiger partial charge on any atom is 0.274 e. The number of hydrogen-bond acceptors (Lipinski definition) is 5. The second-order valence-corrected chi connectivity index (χ2v) is 3.88. The molecule has 0 saturated carbocycles. The number of carbonyl (C=O) groups excluding carboxylic acids is 2. The molecule has 2 rings (SSSR count). The largest absolute Gasteiger partial charge is 0.297 e. The van der Waals surface area contributed by atoms with Gasteiger partial charge in [0.2, 0.25) is 5.91 Å². The number of nitrogens with zero attached hydrogens (tertiary/aromatic N) is 2. The van der Waals surface area contributed by atoms with Crippen molar-refractivity contribution >= 4 is 34.0 Å². The van der Waals surface area contributed by atoms with Crippen LogP contribution in [0.5, 0.6) is 0 Å². The first-order chi connectivity index (χ1) is 7.15. The number of rotatable bonds is 2. The maximum absolute atomic E-state index is 11.5. The first kappa shape index (κ1) is 9.78. The molecule has 2 heterocycles. The van der Waals surface area contributed by atoms with E-state index in [2.05, 4.69) is 20.8 Å². The molecule has 0 bridgehead atoms. The van der Waals surface area contributed by atoms with Crippen molar-refractivity contribution < 1.29 is 9.59 Å². The summed E-state index contributed by atoms with van der Waals surface area (Å²) in [6, 6.07) is 0. The summed E-state index contributed by atoms with van der Waals surface area (Å²) in [6.07, 6.45) is 0.0240.